The van der Waals surface area contributed by atoms with E-state index in [1.807, 2.05) is 66.7 Å². The van der Waals surface area contributed by atoms with E-state index in [1.165, 1.54) is 0 Å². The summed E-state index contributed by atoms with van der Waals surface area (Å²) in [5, 5.41) is 13.5. The number of aliphatic hydroxyl groups excluding tert-OH is 1. The highest BCUT2D eigenvalue weighted by Crippen LogP contribution is 2.43. The fraction of sp³-hybridized carbons (Fsp3) is 0.216. The van der Waals surface area contributed by atoms with Crippen LogP contribution in [0.15, 0.2) is 127 Å². The summed E-state index contributed by atoms with van der Waals surface area (Å²) in [6.07, 6.45) is 4.16. The summed E-state index contributed by atoms with van der Waals surface area (Å²) in [5.41, 5.74) is 6.44. The Balaban J connectivity index is 1.22. The van der Waals surface area contributed by atoms with Crippen molar-refractivity contribution >= 4 is 17.7 Å². The van der Waals surface area contributed by atoms with E-state index in [0.717, 1.165) is 44.2 Å². The Morgan fingerprint density at radius 3 is 2.42 bits per heavy atom. The first-order valence-corrected chi connectivity index (χ1v) is 16.0. The Bertz CT molecular complexity index is 1700. The van der Waals surface area contributed by atoms with Gasteiger partial charge in [0.2, 0.25) is 0 Å². The number of rotatable bonds is 10. The number of aromatic nitrogens is 2. The molecule has 7 nitrogen and oxygen atoms in total. The fourth-order valence-corrected chi connectivity index (χ4v) is 6.44. The first-order chi connectivity index (χ1) is 22.1. The lowest BCUT2D eigenvalue weighted by molar-refractivity contribution is -0.268. The smallest absolute Gasteiger partial charge is 0.253 e. The van der Waals surface area contributed by atoms with Crippen molar-refractivity contribution in [2.24, 2.45) is 5.92 Å². The van der Waals surface area contributed by atoms with Crippen LogP contribution in [0.2, 0.25) is 0 Å². The van der Waals surface area contributed by atoms with Gasteiger partial charge in [-0.25, -0.2) is 4.98 Å². The van der Waals surface area contributed by atoms with Crippen molar-refractivity contribution in [3.05, 3.63) is 150 Å². The van der Waals surface area contributed by atoms with Crippen molar-refractivity contribution in [2.75, 3.05) is 5.75 Å². The molecule has 1 amide bonds. The monoisotopic (exact) mass is 617 g/mol. The highest BCUT2D eigenvalue weighted by molar-refractivity contribution is 7.99. The van der Waals surface area contributed by atoms with Crippen molar-refractivity contribution in [1.29, 1.82) is 0 Å². The van der Waals surface area contributed by atoms with Crippen LogP contribution < -0.4 is 5.32 Å². The zero-order valence-corrected chi connectivity index (χ0v) is 25.8. The number of nitrogens with zero attached hydrogens (tertiary/aromatic N) is 2. The molecule has 2 N–H and O–H groups in total. The highest BCUT2D eigenvalue weighted by atomic mass is 32.2. The molecule has 0 radical (unpaired) electrons. The molecule has 1 aliphatic rings. The Hall–Kier alpha value is -4.34. The molecule has 0 bridgehead atoms. The molecule has 3 heterocycles. The van der Waals surface area contributed by atoms with Crippen LogP contribution in [0.3, 0.4) is 0 Å². The third-order valence-electron chi connectivity index (χ3n) is 7.95. The molecule has 2 aromatic heterocycles. The van der Waals surface area contributed by atoms with Crippen LogP contribution in [0.4, 0.5) is 0 Å². The molecule has 0 saturated carbocycles. The molecule has 0 unspecified atom stereocenters. The Kier molecular flexibility index (Phi) is 9.97. The maximum absolute atomic E-state index is 12.5. The molecule has 0 aliphatic carbocycles. The van der Waals surface area contributed by atoms with Gasteiger partial charge >= 0.3 is 0 Å². The summed E-state index contributed by atoms with van der Waals surface area (Å²) in [7, 11) is 0. The Morgan fingerprint density at radius 1 is 0.844 bits per heavy atom. The maximum atomic E-state index is 12.5. The van der Waals surface area contributed by atoms with E-state index in [9.17, 15) is 9.90 Å². The van der Waals surface area contributed by atoms with Gasteiger partial charge in [-0.05, 0) is 64.2 Å². The van der Waals surface area contributed by atoms with Gasteiger partial charge in [-0.3, -0.25) is 9.78 Å². The number of carbonyl (C=O) groups excluding carboxylic acids is 1. The number of benzene rings is 3. The lowest BCUT2D eigenvalue weighted by Gasteiger charge is -2.41. The molecule has 1 aliphatic heterocycles. The summed E-state index contributed by atoms with van der Waals surface area (Å²) < 4.78 is 13.3. The quantitative estimate of drug-likeness (QED) is 0.161. The number of hydrogen-bond acceptors (Lipinski definition) is 7. The lowest BCUT2D eigenvalue weighted by Crippen LogP contribution is -2.38. The van der Waals surface area contributed by atoms with Crippen LogP contribution in [0.25, 0.3) is 11.1 Å². The molecular formula is C37H35N3O4S. The third-order valence-corrected chi connectivity index (χ3v) is 8.98. The first kappa shape index (κ1) is 30.7. The average molecular weight is 618 g/mol. The van der Waals surface area contributed by atoms with Gasteiger partial charge in [0.1, 0.15) is 0 Å². The van der Waals surface area contributed by atoms with E-state index in [1.54, 1.807) is 42.5 Å². The molecule has 4 atom stereocenters. The molecular weight excluding hydrogens is 582 g/mol. The van der Waals surface area contributed by atoms with E-state index in [-0.39, 0.29) is 30.6 Å². The molecule has 1 saturated heterocycles. The average Bonchev–Trinajstić information content (AvgIpc) is 3.11. The van der Waals surface area contributed by atoms with Gasteiger partial charge in [-0.1, -0.05) is 73.7 Å². The number of carbonyl (C=O) groups is 1. The molecule has 6 rings (SSSR count). The molecule has 3 aromatic carbocycles. The van der Waals surface area contributed by atoms with Crippen LogP contribution in [0.1, 0.15) is 51.9 Å². The van der Waals surface area contributed by atoms with Gasteiger partial charge < -0.3 is 19.9 Å². The van der Waals surface area contributed by atoms with Gasteiger partial charge in [-0.2, -0.15) is 0 Å². The number of pyridine rings is 2. The zero-order valence-electron chi connectivity index (χ0n) is 25.0. The number of thioether (sulfide) groups is 1. The standard InChI is InChI=1S/C37H35N3O4S/c1-25-33(24-45-34-12-2-3-18-39-34)43-37(44-35(25)28-15-13-26(23-41)14-16-28)31-10-5-9-30(20-31)29-8-4-7-27(19-29)21-40-36(42)32-11-6-17-38-22-32/h2-20,22,25,33,35,37,41H,21,23-24H2,1H3,(H,40,42)/t25-,33+,35+,37+/m1/s1. The number of amides is 1. The minimum Gasteiger partial charge on any atom is -0.392 e. The van der Waals surface area contributed by atoms with Gasteiger partial charge in [0.25, 0.3) is 5.91 Å². The maximum Gasteiger partial charge on any atom is 0.253 e. The van der Waals surface area contributed by atoms with Gasteiger partial charge in [0.15, 0.2) is 6.29 Å². The predicted octanol–water partition coefficient (Wildman–Crippen LogP) is 7.15. The predicted molar refractivity (Wildman–Crippen MR) is 175 cm³/mol. The SMILES string of the molecule is C[C@@H]1[C@H](CSc2ccccn2)O[C@H](c2cccc(-c3cccc(CNC(=O)c4cccnc4)c3)c2)O[C@@H]1c1ccc(CO)cc1. The Labute approximate surface area is 267 Å². The zero-order chi connectivity index (χ0) is 31.0. The van der Waals surface area contributed by atoms with Crippen molar-refractivity contribution in [2.45, 2.75) is 43.6 Å². The summed E-state index contributed by atoms with van der Waals surface area (Å²) in [6, 6.07) is 33.8. The van der Waals surface area contributed by atoms with E-state index in [0.29, 0.717) is 12.1 Å². The van der Waals surface area contributed by atoms with Crippen LogP contribution in [0.5, 0.6) is 0 Å². The molecule has 8 heteroatoms. The molecule has 45 heavy (non-hydrogen) atoms. The Morgan fingerprint density at radius 2 is 1.67 bits per heavy atom. The second-order valence-electron chi connectivity index (χ2n) is 11.1. The van der Waals surface area contributed by atoms with Crippen LogP contribution in [-0.4, -0.2) is 32.8 Å². The van der Waals surface area contributed by atoms with Crippen LogP contribution in [0, 0.1) is 5.92 Å². The van der Waals surface area contributed by atoms with Crippen molar-refractivity contribution < 1.29 is 19.4 Å². The second kappa shape index (κ2) is 14.6. The second-order valence-corrected chi connectivity index (χ2v) is 12.1. The van der Waals surface area contributed by atoms with Crippen molar-refractivity contribution in [3.63, 3.8) is 0 Å². The summed E-state index contributed by atoms with van der Waals surface area (Å²) in [6.45, 7) is 2.57. The number of aliphatic hydroxyl groups is 1. The summed E-state index contributed by atoms with van der Waals surface area (Å²) in [5.74, 6) is 0.655. The normalized spacial score (nSPS) is 19.6. The van der Waals surface area contributed by atoms with Gasteiger partial charge in [-0.15, -0.1) is 11.8 Å². The fourth-order valence-electron chi connectivity index (χ4n) is 5.42. The number of nitrogens with one attached hydrogen (secondary N) is 1. The molecule has 228 valence electrons. The third kappa shape index (κ3) is 7.67. The topological polar surface area (TPSA) is 93.6 Å². The first-order valence-electron chi connectivity index (χ1n) is 15.0. The van der Waals surface area contributed by atoms with E-state index < -0.39 is 6.29 Å². The summed E-state index contributed by atoms with van der Waals surface area (Å²) in [4.78, 5) is 21.0. The largest absolute Gasteiger partial charge is 0.392 e. The highest BCUT2D eigenvalue weighted by Gasteiger charge is 2.38. The molecule has 5 aromatic rings. The van der Waals surface area contributed by atoms with Gasteiger partial charge in [0, 0.05) is 42.4 Å². The number of ether oxygens (including phenoxy) is 2. The molecule has 1 fully saturated rings. The van der Waals surface area contributed by atoms with E-state index >= 15 is 0 Å². The van der Waals surface area contributed by atoms with Gasteiger partial charge in [0.05, 0.1) is 29.4 Å². The van der Waals surface area contributed by atoms with Crippen LogP contribution >= 0.6 is 11.8 Å². The lowest BCUT2D eigenvalue weighted by atomic mass is 9.91. The van der Waals surface area contributed by atoms with Crippen LogP contribution in [-0.2, 0) is 22.6 Å². The van der Waals surface area contributed by atoms with E-state index in [4.69, 9.17) is 9.47 Å². The van der Waals surface area contributed by atoms with Crippen molar-refractivity contribution in [1.82, 2.24) is 15.3 Å². The van der Waals surface area contributed by atoms with Crippen molar-refractivity contribution in [3.8, 4) is 11.1 Å². The van der Waals surface area contributed by atoms with E-state index in [2.05, 4.69) is 46.5 Å². The minimum atomic E-state index is -0.569. The molecule has 0 spiro atoms. The number of hydrogen-bond donors (Lipinski definition) is 2. The summed E-state index contributed by atoms with van der Waals surface area (Å²) >= 11 is 1.68. The minimum absolute atomic E-state index is 0.00129.